The van der Waals surface area contributed by atoms with Crippen molar-refractivity contribution in [2.45, 2.75) is 11.8 Å². The molecule has 1 aromatic heterocycles. The van der Waals surface area contributed by atoms with Crippen LogP contribution in [0.5, 0.6) is 11.5 Å². The van der Waals surface area contributed by atoms with Crippen LogP contribution in [0.25, 0.3) is 0 Å². The average molecular weight is 417 g/mol. The third-order valence-corrected chi connectivity index (χ3v) is 5.68. The molecule has 3 N–H and O–H groups in total. The van der Waals surface area contributed by atoms with Crippen LogP contribution in [0.15, 0.2) is 58.8 Å². The molecule has 7 nitrogen and oxygen atoms in total. The van der Waals surface area contributed by atoms with Crippen molar-refractivity contribution >= 4 is 33.1 Å². The lowest BCUT2D eigenvalue weighted by molar-refractivity contribution is 0.0695. The third kappa shape index (κ3) is 3.96. The fraction of sp³-hybridized carbons (Fsp3) is 0.0526. The van der Waals surface area contributed by atoms with Crippen LogP contribution in [0.1, 0.15) is 31.2 Å². The van der Waals surface area contributed by atoms with Crippen LogP contribution in [0, 0.1) is 6.92 Å². The Kier molecular flexibility index (Phi) is 5.32. The van der Waals surface area contributed by atoms with Crippen molar-refractivity contribution in [2.75, 3.05) is 0 Å². The van der Waals surface area contributed by atoms with Crippen molar-refractivity contribution in [3.63, 3.8) is 0 Å². The average Bonchev–Trinajstić information content (AvgIpc) is 3.05. The van der Waals surface area contributed by atoms with Gasteiger partial charge in [0.25, 0.3) is 0 Å². The number of ether oxygens (including phenoxy) is 1. The number of rotatable bonds is 6. The molecule has 28 heavy (non-hydrogen) atoms. The smallest absolute Gasteiger partial charge is 0.335 e. The van der Waals surface area contributed by atoms with Gasteiger partial charge in [-0.25, -0.2) is 18.4 Å². The number of aromatic carboxylic acids is 1. The van der Waals surface area contributed by atoms with E-state index in [9.17, 15) is 23.1 Å². The van der Waals surface area contributed by atoms with Gasteiger partial charge in [0.05, 0.1) is 16.0 Å². The number of carboxylic acid groups (broad SMARTS) is 1. The minimum atomic E-state index is -4.42. The van der Waals surface area contributed by atoms with Gasteiger partial charge in [0.15, 0.2) is 5.78 Å². The summed E-state index contributed by atoms with van der Waals surface area (Å²) in [6.07, 6.45) is 0. The molecule has 0 fully saturated rings. The summed E-state index contributed by atoms with van der Waals surface area (Å²) in [6, 6.07) is 11.6. The number of hydrogen-bond donors (Lipinski definition) is 2. The van der Waals surface area contributed by atoms with E-state index in [-0.39, 0.29) is 22.4 Å². The number of carboxylic acids is 1. The second-order valence-electron chi connectivity index (χ2n) is 5.84. The molecular formula is C19H15NO6S2. The highest BCUT2D eigenvalue weighted by molar-refractivity contribution is 7.89. The minimum absolute atomic E-state index is 0.195. The first-order chi connectivity index (χ1) is 13.2. The molecule has 3 rings (SSSR count). The van der Waals surface area contributed by atoms with Gasteiger partial charge in [-0.05, 0) is 30.5 Å². The summed E-state index contributed by atoms with van der Waals surface area (Å²) in [6.45, 7) is 1.78. The summed E-state index contributed by atoms with van der Waals surface area (Å²) < 4.78 is 30.1. The fourth-order valence-electron chi connectivity index (χ4n) is 2.57. The molecule has 2 aromatic carbocycles. The second-order valence-corrected chi connectivity index (χ2v) is 8.49. The van der Waals surface area contributed by atoms with E-state index in [1.54, 1.807) is 36.6 Å². The molecule has 0 saturated carbocycles. The number of hydrogen-bond acceptors (Lipinski definition) is 6. The molecule has 144 valence electrons. The van der Waals surface area contributed by atoms with Gasteiger partial charge in [-0.2, -0.15) is 0 Å². The van der Waals surface area contributed by atoms with E-state index in [0.29, 0.717) is 5.75 Å². The van der Waals surface area contributed by atoms with Crippen LogP contribution in [0.3, 0.4) is 0 Å². The van der Waals surface area contributed by atoms with Crippen molar-refractivity contribution in [2.24, 2.45) is 5.14 Å². The first kappa shape index (κ1) is 19.7. The van der Waals surface area contributed by atoms with Gasteiger partial charge < -0.3 is 9.84 Å². The lowest BCUT2D eigenvalue weighted by atomic mass is 10.0. The van der Waals surface area contributed by atoms with Crippen LogP contribution < -0.4 is 9.88 Å². The van der Waals surface area contributed by atoms with E-state index >= 15 is 0 Å². The lowest BCUT2D eigenvalue weighted by Crippen LogP contribution is -2.19. The number of sulfonamides is 1. The fourth-order valence-corrected chi connectivity index (χ4v) is 3.96. The maximum absolute atomic E-state index is 13.1. The molecule has 0 bridgehead atoms. The summed E-state index contributed by atoms with van der Waals surface area (Å²) in [4.78, 5) is 24.7. The van der Waals surface area contributed by atoms with Crippen molar-refractivity contribution in [1.29, 1.82) is 0 Å². The summed E-state index contributed by atoms with van der Waals surface area (Å²) >= 11 is 1.39. The highest BCUT2D eigenvalue weighted by Gasteiger charge is 2.28. The number of nitrogens with two attached hydrogens (primary N) is 1. The van der Waals surface area contributed by atoms with Crippen LogP contribution in [-0.2, 0) is 10.0 Å². The zero-order chi connectivity index (χ0) is 20.5. The van der Waals surface area contributed by atoms with Gasteiger partial charge >= 0.3 is 5.97 Å². The Hall–Kier alpha value is -3.01. The SMILES string of the molecule is Cc1sccc1Oc1cc(C(=O)O)cc(S(N)(=O)=O)c1C(=O)c1ccccc1. The van der Waals surface area contributed by atoms with Gasteiger partial charge in [0.1, 0.15) is 11.5 Å². The lowest BCUT2D eigenvalue weighted by Gasteiger charge is -2.15. The van der Waals surface area contributed by atoms with Crippen LogP contribution >= 0.6 is 11.3 Å². The monoisotopic (exact) mass is 417 g/mol. The molecule has 3 aromatic rings. The number of aryl methyl sites for hydroxylation is 1. The Morgan fingerprint density at radius 3 is 2.25 bits per heavy atom. The summed E-state index contributed by atoms with van der Waals surface area (Å²) in [7, 11) is -4.42. The zero-order valence-corrected chi connectivity index (χ0v) is 16.2. The molecule has 0 radical (unpaired) electrons. The number of primary sulfonamides is 1. The molecule has 9 heteroatoms. The largest absolute Gasteiger partial charge is 0.478 e. The van der Waals surface area contributed by atoms with E-state index in [2.05, 4.69) is 0 Å². The number of thiophene rings is 1. The van der Waals surface area contributed by atoms with E-state index in [1.807, 2.05) is 0 Å². The first-order valence-electron chi connectivity index (χ1n) is 7.94. The van der Waals surface area contributed by atoms with E-state index in [1.165, 1.54) is 23.5 Å². The highest BCUT2D eigenvalue weighted by Crippen LogP contribution is 2.36. The summed E-state index contributed by atoms with van der Waals surface area (Å²) in [5.74, 6) is -1.84. The standard InChI is InChI=1S/C19H15NO6S2/c1-11-14(7-8-27-11)26-15-9-13(19(22)23)10-16(28(20,24)25)17(15)18(21)12-5-3-2-4-6-12/h2-10H,1H3,(H,22,23)(H2,20,24,25). The molecule has 0 aliphatic carbocycles. The molecule has 0 aliphatic rings. The maximum atomic E-state index is 13.1. The Morgan fingerprint density at radius 1 is 1.04 bits per heavy atom. The number of carbonyl (C=O) groups is 2. The molecule has 0 aliphatic heterocycles. The van der Waals surface area contributed by atoms with E-state index < -0.39 is 26.7 Å². The molecule has 0 spiro atoms. The number of carbonyl (C=O) groups excluding carboxylic acids is 1. The molecule has 0 atom stereocenters. The van der Waals surface area contributed by atoms with Gasteiger partial charge in [-0.15, -0.1) is 11.3 Å². The van der Waals surface area contributed by atoms with Crippen LogP contribution in [0.4, 0.5) is 0 Å². The zero-order valence-electron chi connectivity index (χ0n) is 14.6. The highest BCUT2D eigenvalue weighted by atomic mass is 32.2. The summed E-state index contributed by atoms with van der Waals surface area (Å²) in [5.41, 5.74) is -0.469. The minimum Gasteiger partial charge on any atom is -0.478 e. The molecule has 1 heterocycles. The predicted molar refractivity (Wildman–Crippen MR) is 104 cm³/mol. The molecule has 0 amide bonds. The predicted octanol–water partition coefficient (Wildman–Crippen LogP) is 3.43. The second kappa shape index (κ2) is 7.55. The van der Waals surface area contributed by atoms with Gasteiger partial charge in [-0.1, -0.05) is 30.3 Å². The van der Waals surface area contributed by atoms with Gasteiger partial charge in [-0.3, -0.25) is 4.79 Å². The Labute approximate surface area is 165 Å². The molecular weight excluding hydrogens is 402 g/mol. The van der Waals surface area contributed by atoms with Gasteiger partial charge in [0.2, 0.25) is 10.0 Å². The number of benzene rings is 2. The van der Waals surface area contributed by atoms with E-state index in [0.717, 1.165) is 17.0 Å². The van der Waals surface area contributed by atoms with Crippen LogP contribution in [0.2, 0.25) is 0 Å². The topological polar surface area (TPSA) is 124 Å². The third-order valence-electron chi connectivity index (χ3n) is 3.91. The van der Waals surface area contributed by atoms with Crippen molar-refractivity contribution in [1.82, 2.24) is 0 Å². The molecule has 0 saturated heterocycles. The Morgan fingerprint density at radius 2 is 1.71 bits per heavy atom. The Bertz CT molecular complexity index is 1170. The van der Waals surface area contributed by atoms with Crippen molar-refractivity contribution in [3.05, 3.63) is 75.5 Å². The van der Waals surface area contributed by atoms with Crippen molar-refractivity contribution < 1.29 is 27.9 Å². The normalized spacial score (nSPS) is 11.2. The van der Waals surface area contributed by atoms with E-state index in [4.69, 9.17) is 9.88 Å². The maximum Gasteiger partial charge on any atom is 0.335 e. The van der Waals surface area contributed by atoms with Gasteiger partial charge in [0, 0.05) is 10.4 Å². The summed E-state index contributed by atoms with van der Waals surface area (Å²) in [5, 5.41) is 16.4. The quantitative estimate of drug-likeness (QED) is 0.592. The van der Waals surface area contributed by atoms with Crippen molar-refractivity contribution in [3.8, 4) is 11.5 Å². The van der Waals surface area contributed by atoms with Crippen LogP contribution in [-0.4, -0.2) is 25.3 Å². The molecule has 0 unspecified atom stereocenters. The Balaban J connectivity index is 2.31. The number of ketones is 1. The first-order valence-corrected chi connectivity index (χ1v) is 10.4.